The van der Waals surface area contributed by atoms with Gasteiger partial charge in [-0.3, -0.25) is 9.78 Å². The number of rotatable bonds is 6. The monoisotopic (exact) mass is 236 g/mol. The van der Waals surface area contributed by atoms with E-state index in [-0.39, 0.29) is 11.9 Å². The summed E-state index contributed by atoms with van der Waals surface area (Å²) in [6.07, 6.45) is 3.70. The van der Waals surface area contributed by atoms with Crippen molar-refractivity contribution in [1.29, 1.82) is 0 Å². The minimum atomic E-state index is -0.187. The van der Waals surface area contributed by atoms with Gasteiger partial charge in [0.05, 0.1) is 0 Å². The maximum Gasteiger partial charge on any atom is 0.269 e. The third-order valence-electron chi connectivity index (χ3n) is 2.51. The summed E-state index contributed by atoms with van der Waals surface area (Å²) in [4.78, 5) is 15.4. The molecule has 0 aliphatic heterocycles. The Labute approximate surface area is 102 Å². The van der Waals surface area contributed by atoms with Gasteiger partial charge in [0.1, 0.15) is 5.69 Å². The lowest BCUT2D eigenvalue weighted by molar-refractivity contribution is 0.0958. The summed E-state index contributed by atoms with van der Waals surface area (Å²) in [6.45, 7) is 2.69. The second kappa shape index (κ2) is 6.85. The second-order valence-electron chi connectivity index (χ2n) is 3.87. The van der Waals surface area contributed by atoms with Crippen molar-refractivity contribution in [3.63, 3.8) is 0 Å². The zero-order chi connectivity index (χ0) is 12.7. The summed E-state index contributed by atoms with van der Waals surface area (Å²) in [7, 11) is 1.59. The first kappa shape index (κ1) is 13.4. The third-order valence-corrected chi connectivity index (χ3v) is 2.51. The predicted octanol–water partition coefficient (Wildman–Crippen LogP) is 0.981. The summed E-state index contributed by atoms with van der Waals surface area (Å²) in [5.74, 6) is -0.187. The fourth-order valence-electron chi connectivity index (χ4n) is 1.61. The fraction of sp³-hybridized carbons (Fsp3) is 0.500. The first-order valence-electron chi connectivity index (χ1n) is 5.86. The Morgan fingerprint density at radius 3 is 2.94 bits per heavy atom. The van der Waals surface area contributed by atoms with Gasteiger partial charge in [-0.2, -0.15) is 0 Å². The maximum atomic E-state index is 11.4. The van der Waals surface area contributed by atoms with Crippen molar-refractivity contribution in [3.8, 4) is 0 Å². The molecule has 94 valence electrons. The molecule has 1 aromatic heterocycles. The number of hydrogen-bond acceptors (Lipinski definition) is 4. The lowest BCUT2D eigenvalue weighted by Gasteiger charge is -2.17. The number of amides is 1. The number of hydrogen-bond donors (Lipinski definition) is 3. The number of anilines is 1. The van der Waals surface area contributed by atoms with Crippen LogP contribution < -0.4 is 16.4 Å². The normalized spacial score (nSPS) is 11.9. The van der Waals surface area contributed by atoms with Crippen LogP contribution in [0.5, 0.6) is 0 Å². The summed E-state index contributed by atoms with van der Waals surface area (Å²) in [5, 5.41) is 5.85. The largest absolute Gasteiger partial charge is 0.381 e. The SMILES string of the molecule is CCCC(CN)Nc1ccnc(C(=O)NC)c1. The third kappa shape index (κ3) is 4.03. The van der Waals surface area contributed by atoms with E-state index < -0.39 is 0 Å². The summed E-state index contributed by atoms with van der Waals surface area (Å²) < 4.78 is 0. The van der Waals surface area contributed by atoms with Gasteiger partial charge in [0, 0.05) is 31.5 Å². The van der Waals surface area contributed by atoms with Crippen LogP contribution in [0.4, 0.5) is 5.69 Å². The molecule has 0 bridgehead atoms. The van der Waals surface area contributed by atoms with Gasteiger partial charge in [-0.1, -0.05) is 13.3 Å². The number of aromatic nitrogens is 1. The van der Waals surface area contributed by atoms with E-state index in [1.807, 2.05) is 6.07 Å². The van der Waals surface area contributed by atoms with Crippen LogP contribution in [0, 0.1) is 0 Å². The smallest absolute Gasteiger partial charge is 0.269 e. The average Bonchev–Trinajstić information content (AvgIpc) is 2.37. The molecule has 17 heavy (non-hydrogen) atoms. The van der Waals surface area contributed by atoms with E-state index in [0.717, 1.165) is 18.5 Å². The molecule has 0 radical (unpaired) electrons. The average molecular weight is 236 g/mol. The Balaban J connectivity index is 2.74. The molecule has 5 nitrogen and oxygen atoms in total. The molecule has 0 fully saturated rings. The van der Waals surface area contributed by atoms with E-state index in [1.165, 1.54) is 0 Å². The molecule has 0 aliphatic rings. The van der Waals surface area contributed by atoms with E-state index in [4.69, 9.17) is 5.73 Å². The van der Waals surface area contributed by atoms with Crippen LogP contribution in [0.2, 0.25) is 0 Å². The lowest BCUT2D eigenvalue weighted by Crippen LogP contribution is -2.28. The minimum Gasteiger partial charge on any atom is -0.381 e. The first-order chi connectivity index (χ1) is 8.21. The topological polar surface area (TPSA) is 80.0 Å². The highest BCUT2D eigenvalue weighted by Gasteiger charge is 2.08. The van der Waals surface area contributed by atoms with Crippen LogP contribution in [0.3, 0.4) is 0 Å². The zero-order valence-electron chi connectivity index (χ0n) is 10.4. The van der Waals surface area contributed by atoms with Gasteiger partial charge in [-0.25, -0.2) is 0 Å². The predicted molar refractivity (Wildman–Crippen MR) is 69.0 cm³/mol. The zero-order valence-corrected chi connectivity index (χ0v) is 10.4. The Morgan fingerprint density at radius 1 is 1.59 bits per heavy atom. The summed E-state index contributed by atoms with van der Waals surface area (Å²) in [6, 6.07) is 3.81. The number of nitrogens with zero attached hydrogens (tertiary/aromatic N) is 1. The number of pyridine rings is 1. The molecule has 0 saturated carbocycles. The number of carbonyl (C=O) groups excluding carboxylic acids is 1. The summed E-state index contributed by atoms with van der Waals surface area (Å²) in [5.41, 5.74) is 6.96. The quantitative estimate of drug-likeness (QED) is 0.688. The van der Waals surface area contributed by atoms with Gasteiger partial charge in [0.15, 0.2) is 0 Å². The first-order valence-corrected chi connectivity index (χ1v) is 5.86. The molecule has 1 aromatic rings. The van der Waals surface area contributed by atoms with E-state index in [2.05, 4.69) is 22.5 Å². The van der Waals surface area contributed by atoms with Gasteiger partial charge in [-0.05, 0) is 18.6 Å². The van der Waals surface area contributed by atoms with Crippen molar-refractivity contribution in [2.75, 3.05) is 18.9 Å². The molecule has 1 atom stereocenters. The van der Waals surface area contributed by atoms with Crippen molar-refractivity contribution in [2.24, 2.45) is 5.73 Å². The Morgan fingerprint density at radius 2 is 2.35 bits per heavy atom. The Hall–Kier alpha value is -1.62. The standard InChI is InChI=1S/C12H20N4O/c1-3-4-10(8-13)16-9-5-6-15-11(7-9)12(17)14-2/h5-7,10H,3-4,8,13H2,1-2H3,(H,14,17)(H,15,16). The molecular formula is C12H20N4O. The second-order valence-corrected chi connectivity index (χ2v) is 3.87. The van der Waals surface area contributed by atoms with E-state index >= 15 is 0 Å². The molecule has 4 N–H and O–H groups in total. The summed E-state index contributed by atoms with van der Waals surface area (Å²) >= 11 is 0. The lowest BCUT2D eigenvalue weighted by atomic mass is 10.1. The fourth-order valence-corrected chi connectivity index (χ4v) is 1.61. The maximum absolute atomic E-state index is 11.4. The van der Waals surface area contributed by atoms with Crippen molar-refractivity contribution < 1.29 is 4.79 Å². The van der Waals surface area contributed by atoms with E-state index in [1.54, 1.807) is 19.3 Å². The minimum absolute atomic E-state index is 0.187. The van der Waals surface area contributed by atoms with Gasteiger partial charge >= 0.3 is 0 Å². The van der Waals surface area contributed by atoms with Crippen LogP contribution in [0.1, 0.15) is 30.3 Å². The highest BCUT2D eigenvalue weighted by atomic mass is 16.1. The van der Waals surface area contributed by atoms with Crippen LogP contribution >= 0.6 is 0 Å². The highest BCUT2D eigenvalue weighted by Crippen LogP contribution is 2.11. The van der Waals surface area contributed by atoms with Crippen LogP contribution in [0.25, 0.3) is 0 Å². The van der Waals surface area contributed by atoms with Crippen LogP contribution in [0.15, 0.2) is 18.3 Å². The molecule has 1 heterocycles. The van der Waals surface area contributed by atoms with Crippen molar-refractivity contribution in [2.45, 2.75) is 25.8 Å². The van der Waals surface area contributed by atoms with Crippen LogP contribution in [-0.2, 0) is 0 Å². The molecule has 5 heteroatoms. The van der Waals surface area contributed by atoms with Gasteiger partial charge in [-0.15, -0.1) is 0 Å². The van der Waals surface area contributed by atoms with Crippen molar-refractivity contribution >= 4 is 11.6 Å². The number of nitrogens with two attached hydrogens (primary N) is 1. The Kier molecular flexibility index (Phi) is 5.42. The van der Waals surface area contributed by atoms with Crippen LogP contribution in [-0.4, -0.2) is 30.5 Å². The highest BCUT2D eigenvalue weighted by molar-refractivity contribution is 5.92. The molecule has 0 spiro atoms. The van der Waals surface area contributed by atoms with Crippen molar-refractivity contribution in [3.05, 3.63) is 24.0 Å². The van der Waals surface area contributed by atoms with E-state index in [0.29, 0.717) is 12.2 Å². The van der Waals surface area contributed by atoms with Gasteiger partial charge in [0.25, 0.3) is 5.91 Å². The molecule has 0 aromatic carbocycles. The molecule has 0 aliphatic carbocycles. The molecule has 1 unspecified atom stereocenters. The molecule has 0 saturated heterocycles. The van der Waals surface area contributed by atoms with Gasteiger partial charge in [0.2, 0.25) is 0 Å². The molecule has 1 rings (SSSR count). The van der Waals surface area contributed by atoms with E-state index in [9.17, 15) is 4.79 Å². The van der Waals surface area contributed by atoms with Gasteiger partial charge < -0.3 is 16.4 Å². The number of carbonyl (C=O) groups is 1. The molecular weight excluding hydrogens is 216 g/mol. The Bertz CT molecular complexity index is 367. The number of nitrogens with one attached hydrogen (secondary N) is 2. The van der Waals surface area contributed by atoms with Crippen molar-refractivity contribution in [1.82, 2.24) is 10.3 Å². The molecule has 1 amide bonds.